The Kier molecular flexibility index (Phi) is 2.50. The molecule has 1 aromatic carbocycles. The molecule has 1 aliphatic carbocycles. The van der Waals surface area contributed by atoms with Crippen molar-refractivity contribution in [3.63, 3.8) is 0 Å². The lowest BCUT2D eigenvalue weighted by Crippen LogP contribution is -2.32. The van der Waals surface area contributed by atoms with Crippen LogP contribution in [-0.2, 0) is 5.41 Å². The number of amides is 1. The number of rotatable bonds is 3. The van der Waals surface area contributed by atoms with Crippen LogP contribution in [-0.4, -0.2) is 48.0 Å². The summed E-state index contributed by atoms with van der Waals surface area (Å²) in [5, 5.41) is 18.8. The fourth-order valence-electron chi connectivity index (χ4n) is 3.51. The summed E-state index contributed by atoms with van der Waals surface area (Å²) in [7, 11) is 1.62. The van der Waals surface area contributed by atoms with Crippen molar-refractivity contribution in [2.45, 2.75) is 11.8 Å². The summed E-state index contributed by atoms with van der Waals surface area (Å²) in [6, 6.07) is 7.71. The highest BCUT2D eigenvalue weighted by molar-refractivity contribution is 5.67. The van der Waals surface area contributed by atoms with E-state index in [0.29, 0.717) is 13.1 Å². The van der Waals surface area contributed by atoms with Crippen LogP contribution in [0.25, 0.3) is 0 Å². The lowest BCUT2D eigenvalue weighted by Gasteiger charge is -2.18. The first-order valence-electron chi connectivity index (χ1n) is 6.30. The molecule has 2 aliphatic rings. The Morgan fingerprint density at radius 3 is 2.58 bits per heavy atom. The van der Waals surface area contributed by atoms with E-state index in [1.54, 1.807) is 7.11 Å². The van der Waals surface area contributed by atoms with Gasteiger partial charge in [-0.15, -0.1) is 0 Å². The standard InChI is InChI=1S/C14H17NO4/c1-19-11-4-2-10(3-5-11)14-6-13(14,9-16)7-15(8-14)12(17)18/h2-5,16H,6-9H2,1H3,(H,17,18). The summed E-state index contributed by atoms with van der Waals surface area (Å²) < 4.78 is 5.14. The van der Waals surface area contributed by atoms with Gasteiger partial charge in [0.2, 0.25) is 0 Å². The van der Waals surface area contributed by atoms with Crippen LogP contribution in [0.4, 0.5) is 4.79 Å². The average Bonchev–Trinajstić information content (AvgIpc) is 2.96. The maximum Gasteiger partial charge on any atom is 0.407 e. The van der Waals surface area contributed by atoms with Gasteiger partial charge in [0.05, 0.1) is 13.7 Å². The first kappa shape index (κ1) is 12.3. The number of methoxy groups -OCH3 is 1. The zero-order valence-corrected chi connectivity index (χ0v) is 10.8. The Morgan fingerprint density at radius 1 is 1.37 bits per heavy atom. The molecule has 1 aliphatic heterocycles. The number of carbonyl (C=O) groups is 1. The number of hydrogen-bond donors (Lipinski definition) is 2. The van der Waals surface area contributed by atoms with E-state index >= 15 is 0 Å². The average molecular weight is 263 g/mol. The number of ether oxygens (including phenoxy) is 1. The molecule has 1 saturated heterocycles. The fourth-order valence-corrected chi connectivity index (χ4v) is 3.51. The van der Waals surface area contributed by atoms with E-state index in [1.165, 1.54) is 4.90 Å². The zero-order chi connectivity index (χ0) is 13.7. The van der Waals surface area contributed by atoms with Crippen molar-refractivity contribution >= 4 is 6.09 Å². The molecular formula is C14H17NO4. The second kappa shape index (κ2) is 3.87. The molecule has 5 nitrogen and oxygen atoms in total. The lowest BCUT2D eigenvalue weighted by atomic mass is 9.89. The van der Waals surface area contributed by atoms with Gasteiger partial charge < -0.3 is 19.8 Å². The van der Waals surface area contributed by atoms with Gasteiger partial charge in [-0.3, -0.25) is 0 Å². The van der Waals surface area contributed by atoms with E-state index in [-0.39, 0.29) is 17.4 Å². The Balaban J connectivity index is 1.92. The highest BCUT2D eigenvalue weighted by Gasteiger charge is 2.73. The van der Waals surface area contributed by atoms with E-state index in [0.717, 1.165) is 17.7 Å². The summed E-state index contributed by atoms with van der Waals surface area (Å²) in [4.78, 5) is 12.5. The monoisotopic (exact) mass is 263 g/mol. The van der Waals surface area contributed by atoms with Crippen LogP contribution >= 0.6 is 0 Å². The third-order valence-corrected chi connectivity index (χ3v) is 4.70. The SMILES string of the molecule is COc1ccc(C23CN(C(=O)O)CC2(CO)C3)cc1. The van der Waals surface area contributed by atoms with Gasteiger partial charge in [0.25, 0.3) is 0 Å². The summed E-state index contributed by atoms with van der Waals surface area (Å²) in [6.07, 6.45) is -0.0556. The fraction of sp³-hybridized carbons (Fsp3) is 0.500. The number of piperidine rings is 1. The number of aliphatic hydroxyl groups excluding tert-OH is 1. The van der Waals surface area contributed by atoms with Gasteiger partial charge >= 0.3 is 6.09 Å². The van der Waals surface area contributed by atoms with Crippen molar-refractivity contribution in [3.05, 3.63) is 29.8 Å². The Hall–Kier alpha value is -1.75. The second-order valence-electron chi connectivity index (χ2n) is 5.56. The van der Waals surface area contributed by atoms with Gasteiger partial charge in [-0.05, 0) is 24.1 Å². The molecule has 0 aromatic heterocycles. The largest absolute Gasteiger partial charge is 0.497 e. The van der Waals surface area contributed by atoms with E-state index in [2.05, 4.69) is 0 Å². The van der Waals surface area contributed by atoms with Crippen LogP contribution in [0.2, 0.25) is 0 Å². The summed E-state index contributed by atoms with van der Waals surface area (Å²) >= 11 is 0. The normalized spacial score (nSPS) is 32.0. The van der Waals surface area contributed by atoms with Gasteiger partial charge in [0, 0.05) is 23.9 Å². The molecule has 3 rings (SSSR count). The molecule has 5 heteroatoms. The summed E-state index contributed by atoms with van der Waals surface area (Å²) in [5.74, 6) is 0.781. The highest BCUT2D eigenvalue weighted by Crippen LogP contribution is 2.68. The Bertz CT molecular complexity index is 515. The third kappa shape index (κ3) is 1.54. The number of fused-ring (bicyclic) bond motifs is 1. The van der Waals surface area contributed by atoms with Gasteiger partial charge in [-0.2, -0.15) is 0 Å². The molecule has 1 saturated carbocycles. The van der Waals surface area contributed by atoms with Crippen LogP contribution in [0.15, 0.2) is 24.3 Å². The Morgan fingerprint density at radius 2 is 2.05 bits per heavy atom. The smallest absolute Gasteiger partial charge is 0.407 e. The first-order valence-corrected chi connectivity index (χ1v) is 6.30. The molecule has 2 N–H and O–H groups in total. The van der Waals surface area contributed by atoms with E-state index in [9.17, 15) is 9.90 Å². The predicted molar refractivity (Wildman–Crippen MR) is 68.4 cm³/mol. The van der Waals surface area contributed by atoms with E-state index in [1.807, 2.05) is 24.3 Å². The minimum atomic E-state index is -0.909. The maximum atomic E-state index is 11.1. The van der Waals surface area contributed by atoms with Crippen LogP contribution in [0.3, 0.4) is 0 Å². The van der Waals surface area contributed by atoms with Crippen molar-refractivity contribution in [1.29, 1.82) is 0 Å². The summed E-state index contributed by atoms with van der Waals surface area (Å²) in [6.45, 7) is 0.920. The predicted octanol–water partition coefficient (Wildman–Crippen LogP) is 1.31. The minimum Gasteiger partial charge on any atom is -0.497 e. The second-order valence-corrected chi connectivity index (χ2v) is 5.56. The quantitative estimate of drug-likeness (QED) is 0.862. The molecule has 1 heterocycles. The molecule has 1 amide bonds. The lowest BCUT2D eigenvalue weighted by molar-refractivity contribution is 0.139. The molecule has 0 spiro atoms. The molecular weight excluding hydrogens is 246 g/mol. The molecule has 2 fully saturated rings. The van der Waals surface area contributed by atoms with Crippen LogP contribution < -0.4 is 4.74 Å². The highest BCUT2D eigenvalue weighted by atomic mass is 16.5. The summed E-state index contributed by atoms with van der Waals surface area (Å²) in [5.41, 5.74) is 0.581. The Labute approximate surface area is 111 Å². The minimum absolute atomic E-state index is 0.0306. The van der Waals surface area contributed by atoms with E-state index in [4.69, 9.17) is 9.84 Å². The van der Waals surface area contributed by atoms with Crippen LogP contribution in [0.1, 0.15) is 12.0 Å². The first-order chi connectivity index (χ1) is 9.07. The van der Waals surface area contributed by atoms with Crippen molar-refractivity contribution in [2.24, 2.45) is 5.41 Å². The number of nitrogens with zero attached hydrogens (tertiary/aromatic N) is 1. The number of carboxylic acid groups (broad SMARTS) is 1. The van der Waals surface area contributed by atoms with Crippen molar-refractivity contribution in [2.75, 3.05) is 26.8 Å². The van der Waals surface area contributed by atoms with Crippen LogP contribution in [0, 0.1) is 5.41 Å². The third-order valence-electron chi connectivity index (χ3n) is 4.70. The topological polar surface area (TPSA) is 70.0 Å². The van der Waals surface area contributed by atoms with Crippen molar-refractivity contribution < 1.29 is 19.7 Å². The molecule has 2 unspecified atom stereocenters. The molecule has 102 valence electrons. The van der Waals surface area contributed by atoms with Gasteiger partial charge in [-0.25, -0.2) is 4.79 Å². The molecule has 0 radical (unpaired) electrons. The molecule has 0 bridgehead atoms. The van der Waals surface area contributed by atoms with Crippen molar-refractivity contribution in [3.8, 4) is 5.75 Å². The zero-order valence-electron chi connectivity index (χ0n) is 10.8. The van der Waals surface area contributed by atoms with Crippen molar-refractivity contribution in [1.82, 2.24) is 4.90 Å². The number of aliphatic hydroxyl groups is 1. The van der Waals surface area contributed by atoms with E-state index < -0.39 is 6.09 Å². The van der Waals surface area contributed by atoms with Crippen LogP contribution in [0.5, 0.6) is 5.75 Å². The number of hydrogen-bond acceptors (Lipinski definition) is 3. The van der Waals surface area contributed by atoms with Gasteiger partial charge in [0.1, 0.15) is 5.75 Å². The van der Waals surface area contributed by atoms with Gasteiger partial charge in [-0.1, -0.05) is 12.1 Å². The number of likely N-dealkylation sites (tertiary alicyclic amines) is 1. The van der Waals surface area contributed by atoms with Gasteiger partial charge in [0.15, 0.2) is 0 Å². The number of benzene rings is 1. The molecule has 1 aromatic rings. The molecule has 2 atom stereocenters. The molecule has 19 heavy (non-hydrogen) atoms. The maximum absolute atomic E-state index is 11.1.